The molecule has 0 unspecified atom stereocenters. The predicted octanol–water partition coefficient (Wildman–Crippen LogP) is 4.47. The highest BCUT2D eigenvalue weighted by atomic mass is 16.6. The molecular formula is C24H20N4O3. The van der Waals surface area contributed by atoms with E-state index in [4.69, 9.17) is 0 Å². The summed E-state index contributed by atoms with van der Waals surface area (Å²) in [5.74, 6) is -0.323. The number of rotatable bonds is 6. The van der Waals surface area contributed by atoms with Crippen molar-refractivity contribution in [1.82, 2.24) is 15.1 Å². The summed E-state index contributed by atoms with van der Waals surface area (Å²) < 4.78 is 1.51. The summed E-state index contributed by atoms with van der Waals surface area (Å²) in [6, 6.07) is 27.1. The van der Waals surface area contributed by atoms with Gasteiger partial charge in [0, 0.05) is 18.3 Å². The summed E-state index contributed by atoms with van der Waals surface area (Å²) in [6.07, 6.45) is 1.65. The maximum Gasteiger partial charge on any atom is 0.272 e. The largest absolute Gasteiger partial charge is 0.337 e. The van der Waals surface area contributed by atoms with Crippen LogP contribution in [0.3, 0.4) is 0 Å². The number of nitrogens with one attached hydrogen (secondary N) is 1. The quantitative estimate of drug-likeness (QED) is 0.374. The van der Waals surface area contributed by atoms with Gasteiger partial charge in [-0.3, -0.25) is 14.9 Å². The van der Waals surface area contributed by atoms with Gasteiger partial charge in [-0.2, -0.15) is 5.10 Å². The number of carbonyl (C=O) groups is 1. The number of amides is 1. The highest BCUT2D eigenvalue weighted by molar-refractivity contribution is 5.93. The monoisotopic (exact) mass is 412 g/mol. The lowest BCUT2D eigenvalue weighted by atomic mass is 9.84. The zero-order chi connectivity index (χ0) is 21.8. The normalized spacial score (nSPS) is 11.1. The second kappa shape index (κ2) is 8.23. The van der Waals surface area contributed by atoms with E-state index in [1.165, 1.54) is 16.8 Å². The van der Waals surface area contributed by atoms with Crippen molar-refractivity contribution in [3.05, 3.63) is 124 Å². The van der Waals surface area contributed by atoms with Crippen LogP contribution >= 0.6 is 0 Å². The van der Waals surface area contributed by atoms with Crippen LogP contribution in [0.4, 0.5) is 5.69 Å². The van der Waals surface area contributed by atoms with Crippen molar-refractivity contribution in [3.63, 3.8) is 0 Å². The van der Waals surface area contributed by atoms with E-state index in [0.29, 0.717) is 5.69 Å². The maximum atomic E-state index is 13.1. The molecular weight excluding hydrogens is 392 g/mol. The molecule has 0 saturated heterocycles. The van der Waals surface area contributed by atoms with Crippen LogP contribution in [0.1, 0.15) is 28.5 Å². The molecule has 7 heteroatoms. The number of carbonyl (C=O) groups excluding carboxylic acids is 1. The van der Waals surface area contributed by atoms with Gasteiger partial charge >= 0.3 is 0 Å². The number of nitro groups is 1. The smallest absolute Gasteiger partial charge is 0.272 e. The van der Waals surface area contributed by atoms with Gasteiger partial charge in [-0.25, -0.2) is 4.68 Å². The van der Waals surface area contributed by atoms with Gasteiger partial charge in [-0.1, -0.05) is 60.7 Å². The van der Waals surface area contributed by atoms with Crippen molar-refractivity contribution in [2.45, 2.75) is 12.5 Å². The Morgan fingerprint density at radius 2 is 1.45 bits per heavy atom. The summed E-state index contributed by atoms with van der Waals surface area (Å²) in [4.78, 5) is 23.5. The Hall–Kier alpha value is -4.26. The van der Waals surface area contributed by atoms with Crippen LogP contribution in [0.15, 0.2) is 97.2 Å². The number of nitro benzene ring substituents is 1. The standard InChI is InChI=1S/C24H20N4O3/c1-24(18-8-4-2-5-9-18,19-10-6-3-7-11-19)25-23(29)22-16-17-27(26-22)20-12-14-21(15-13-20)28(30)31/h2-17H,1H3,(H,25,29). The number of non-ortho nitro benzene ring substituents is 1. The van der Waals surface area contributed by atoms with Crippen LogP contribution in [0.2, 0.25) is 0 Å². The van der Waals surface area contributed by atoms with E-state index in [9.17, 15) is 14.9 Å². The molecule has 0 atom stereocenters. The lowest BCUT2D eigenvalue weighted by Gasteiger charge is -2.32. The van der Waals surface area contributed by atoms with E-state index >= 15 is 0 Å². The molecule has 0 aliphatic rings. The summed E-state index contributed by atoms with van der Waals surface area (Å²) in [5, 5.41) is 18.3. The zero-order valence-electron chi connectivity index (χ0n) is 16.8. The molecule has 1 amide bonds. The van der Waals surface area contributed by atoms with E-state index in [1.54, 1.807) is 24.4 Å². The van der Waals surface area contributed by atoms with E-state index in [-0.39, 0.29) is 17.3 Å². The Morgan fingerprint density at radius 3 is 1.97 bits per heavy atom. The summed E-state index contributed by atoms with van der Waals surface area (Å²) in [7, 11) is 0. The number of aromatic nitrogens is 2. The third-order valence-corrected chi connectivity index (χ3v) is 5.21. The van der Waals surface area contributed by atoms with Crippen molar-refractivity contribution in [3.8, 4) is 5.69 Å². The molecule has 0 aliphatic carbocycles. The molecule has 31 heavy (non-hydrogen) atoms. The second-order valence-electron chi connectivity index (χ2n) is 7.23. The van der Waals surface area contributed by atoms with Crippen molar-refractivity contribution < 1.29 is 9.72 Å². The third-order valence-electron chi connectivity index (χ3n) is 5.21. The molecule has 0 fully saturated rings. The SMILES string of the molecule is CC(NC(=O)c1ccn(-c2ccc([N+](=O)[O-])cc2)n1)(c1ccccc1)c1ccccc1. The van der Waals surface area contributed by atoms with Gasteiger partial charge in [0.15, 0.2) is 5.69 Å². The van der Waals surface area contributed by atoms with Crippen LogP contribution in [0, 0.1) is 10.1 Å². The fraction of sp³-hybridized carbons (Fsp3) is 0.0833. The summed E-state index contributed by atoms with van der Waals surface area (Å²) in [6.45, 7) is 1.96. The van der Waals surface area contributed by atoms with Crippen LogP contribution < -0.4 is 5.32 Å². The zero-order valence-corrected chi connectivity index (χ0v) is 16.8. The minimum atomic E-state index is -0.753. The van der Waals surface area contributed by atoms with E-state index < -0.39 is 10.5 Å². The highest BCUT2D eigenvalue weighted by Crippen LogP contribution is 2.29. The van der Waals surface area contributed by atoms with Gasteiger partial charge in [0.2, 0.25) is 0 Å². The van der Waals surface area contributed by atoms with Crippen molar-refractivity contribution in [2.24, 2.45) is 0 Å². The molecule has 0 radical (unpaired) electrons. The number of hydrogen-bond donors (Lipinski definition) is 1. The topological polar surface area (TPSA) is 90.1 Å². The van der Waals surface area contributed by atoms with Gasteiger partial charge in [0.05, 0.1) is 16.1 Å². The Labute approximate surface area is 179 Å². The first-order valence-electron chi connectivity index (χ1n) is 9.71. The fourth-order valence-electron chi connectivity index (χ4n) is 3.46. The average molecular weight is 412 g/mol. The molecule has 3 aromatic carbocycles. The van der Waals surface area contributed by atoms with Crippen molar-refractivity contribution in [1.29, 1.82) is 0 Å². The predicted molar refractivity (Wildman–Crippen MR) is 117 cm³/mol. The van der Waals surface area contributed by atoms with E-state index in [0.717, 1.165) is 11.1 Å². The lowest BCUT2D eigenvalue weighted by Crippen LogP contribution is -2.44. The van der Waals surface area contributed by atoms with Gasteiger partial charge < -0.3 is 5.32 Å². The molecule has 4 aromatic rings. The van der Waals surface area contributed by atoms with E-state index in [1.807, 2.05) is 67.6 Å². The van der Waals surface area contributed by atoms with Gasteiger partial charge in [-0.05, 0) is 36.2 Å². The van der Waals surface area contributed by atoms with Gasteiger partial charge in [0.1, 0.15) is 0 Å². The average Bonchev–Trinajstić information content (AvgIpc) is 3.31. The maximum absolute atomic E-state index is 13.1. The Balaban J connectivity index is 1.62. The lowest BCUT2D eigenvalue weighted by molar-refractivity contribution is -0.384. The Morgan fingerprint density at radius 1 is 0.903 bits per heavy atom. The molecule has 154 valence electrons. The molecule has 1 heterocycles. The van der Waals surface area contributed by atoms with E-state index in [2.05, 4.69) is 10.4 Å². The molecule has 0 spiro atoms. The highest BCUT2D eigenvalue weighted by Gasteiger charge is 2.31. The summed E-state index contributed by atoms with van der Waals surface area (Å²) in [5.41, 5.74) is 2.01. The first kappa shape index (κ1) is 20.0. The van der Waals surface area contributed by atoms with Crippen LogP contribution in [-0.2, 0) is 5.54 Å². The summed E-state index contributed by atoms with van der Waals surface area (Å²) >= 11 is 0. The molecule has 1 N–H and O–H groups in total. The van der Waals surface area contributed by atoms with Crippen LogP contribution in [0.5, 0.6) is 0 Å². The number of hydrogen-bond acceptors (Lipinski definition) is 4. The first-order valence-corrected chi connectivity index (χ1v) is 9.71. The van der Waals surface area contributed by atoms with Crippen molar-refractivity contribution >= 4 is 11.6 Å². The third kappa shape index (κ3) is 4.06. The second-order valence-corrected chi connectivity index (χ2v) is 7.23. The molecule has 0 saturated carbocycles. The molecule has 0 aliphatic heterocycles. The fourth-order valence-corrected chi connectivity index (χ4v) is 3.46. The molecule has 4 rings (SSSR count). The van der Waals surface area contributed by atoms with Crippen molar-refractivity contribution in [2.75, 3.05) is 0 Å². The number of benzene rings is 3. The molecule has 7 nitrogen and oxygen atoms in total. The molecule has 0 bridgehead atoms. The minimum Gasteiger partial charge on any atom is -0.337 e. The van der Waals surface area contributed by atoms with Gasteiger partial charge in [-0.15, -0.1) is 0 Å². The first-order chi connectivity index (χ1) is 15.0. The minimum absolute atomic E-state index is 0.00429. The van der Waals surface area contributed by atoms with Gasteiger partial charge in [0.25, 0.3) is 11.6 Å². The Bertz CT molecular complexity index is 1160. The Kier molecular flexibility index (Phi) is 5.32. The van der Waals surface area contributed by atoms with Crippen LogP contribution in [0.25, 0.3) is 5.69 Å². The molecule has 1 aromatic heterocycles. The number of nitrogens with zero attached hydrogens (tertiary/aromatic N) is 3. The van der Waals surface area contributed by atoms with Crippen LogP contribution in [-0.4, -0.2) is 20.6 Å².